The van der Waals surface area contributed by atoms with Crippen LogP contribution in [0.3, 0.4) is 0 Å². The van der Waals surface area contributed by atoms with Crippen LogP contribution in [0.4, 0.5) is 11.5 Å². The molecule has 1 rings (SSSR count). The summed E-state index contributed by atoms with van der Waals surface area (Å²) in [6.45, 7) is 6.53. The van der Waals surface area contributed by atoms with E-state index in [-0.39, 0.29) is 5.54 Å². The summed E-state index contributed by atoms with van der Waals surface area (Å²) in [6, 6.07) is 3.86. The molecule has 3 heteroatoms. The molecule has 0 aliphatic heterocycles. The lowest BCUT2D eigenvalue weighted by Crippen LogP contribution is -2.33. The third kappa shape index (κ3) is 2.37. The fraction of sp³-hybridized carbons (Fsp3) is 0.545. The van der Waals surface area contributed by atoms with Crippen molar-refractivity contribution in [1.82, 2.24) is 4.98 Å². The molecule has 0 bridgehead atoms. The molecule has 3 nitrogen and oxygen atoms in total. The third-order valence-corrected chi connectivity index (χ3v) is 2.84. The highest BCUT2D eigenvalue weighted by Gasteiger charge is 2.19. The van der Waals surface area contributed by atoms with E-state index in [2.05, 4.69) is 31.1 Å². The van der Waals surface area contributed by atoms with Crippen molar-refractivity contribution in [2.24, 2.45) is 0 Å². The number of anilines is 2. The van der Waals surface area contributed by atoms with E-state index < -0.39 is 0 Å². The smallest absolute Gasteiger partial charge is 0.146 e. The monoisotopic (exact) mass is 193 g/mol. The van der Waals surface area contributed by atoms with E-state index in [0.717, 1.165) is 18.5 Å². The van der Waals surface area contributed by atoms with Crippen LogP contribution in [0.15, 0.2) is 18.3 Å². The number of nitrogens with one attached hydrogen (secondary N) is 1. The number of rotatable bonds is 4. The topological polar surface area (TPSA) is 50.9 Å². The highest BCUT2D eigenvalue weighted by atomic mass is 15.0. The van der Waals surface area contributed by atoms with Crippen molar-refractivity contribution in [1.29, 1.82) is 0 Å². The van der Waals surface area contributed by atoms with Gasteiger partial charge in [-0.05, 0) is 31.9 Å². The minimum absolute atomic E-state index is 0.108. The van der Waals surface area contributed by atoms with Gasteiger partial charge in [0.2, 0.25) is 0 Å². The van der Waals surface area contributed by atoms with Gasteiger partial charge in [0, 0.05) is 11.7 Å². The first kappa shape index (κ1) is 10.8. The predicted octanol–water partition coefficient (Wildman–Crippen LogP) is 2.65. The summed E-state index contributed by atoms with van der Waals surface area (Å²) in [4.78, 5) is 4.05. The Morgan fingerprint density at radius 1 is 1.43 bits per heavy atom. The number of nitrogen functional groups attached to an aromatic ring is 1. The van der Waals surface area contributed by atoms with Crippen molar-refractivity contribution < 1.29 is 0 Å². The van der Waals surface area contributed by atoms with Crippen molar-refractivity contribution in [3.8, 4) is 0 Å². The second kappa shape index (κ2) is 4.31. The molecular formula is C11H19N3. The molecule has 3 N–H and O–H groups in total. The zero-order chi connectivity index (χ0) is 10.6. The van der Waals surface area contributed by atoms with Gasteiger partial charge in [0.25, 0.3) is 0 Å². The Hall–Kier alpha value is -1.25. The van der Waals surface area contributed by atoms with Crippen LogP contribution in [0.2, 0.25) is 0 Å². The molecule has 0 saturated heterocycles. The van der Waals surface area contributed by atoms with Gasteiger partial charge in [-0.2, -0.15) is 0 Å². The van der Waals surface area contributed by atoms with Gasteiger partial charge in [-0.1, -0.05) is 13.8 Å². The predicted molar refractivity (Wildman–Crippen MR) is 61.3 cm³/mol. The number of pyridine rings is 1. The average molecular weight is 193 g/mol. The van der Waals surface area contributed by atoms with Gasteiger partial charge in [-0.15, -0.1) is 0 Å². The molecule has 0 spiro atoms. The van der Waals surface area contributed by atoms with E-state index in [1.807, 2.05) is 12.1 Å². The van der Waals surface area contributed by atoms with Crippen LogP contribution in [0.1, 0.15) is 33.6 Å². The van der Waals surface area contributed by atoms with Crippen LogP contribution in [0.5, 0.6) is 0 Å². The van der Waals surface area contributed by atoms with Crippen molar-refractivity contribution in [2.45, 2.75) is 39.2 Å². The largest absolute Gasteiger partial charge is 0.382 e. The Bertz CT molecular complexity index is 292. The van der Waals surface area contributed by atoms with Gasteiger partial charge in [0.15, 0.2) is 0 Å². The molecule has 0 unspecified atom stereocenters. The fourth-order valence-electron chi connectivity index (χ4n) is 1.28. The first-order valence-corrected chi connectivity index (χ1v) is 5.10. The molecule has 0 aliphatic rings. The maximum atomic E-state index is 5.76. The van der Waals surface area contributed by atoms with Gasteiger partial charge in [0.1, 0.15) is 5.82 Å². The lowest BCUT2D eigenvalue weighted by Gasteiger charge is -2.29. The summed E-state index contributed by atoms with van der Waals surface area (Å²) in [5, 5.41) is 3.44. The van der Waals surface area contributed by atoms with Crippen LogP contribution >= 0.6 is 0 Å². The van der Waals surface area contributed by atoms with Gasteiger partial charge in [-0.25, -0.2) is 4.98 Å². The Labute approximate surface area is 85.7 Å². The summed E-state index contributed by atoms with van der Waals surface area (Å²) in [6.07, 6.45) is 3.84. The van der Waals surface area contributed by atoms with Crippen LogP contribution in [-0.4, -0.2) is 10.5 Å². The van der Waals surface area contributed by atoms with Gasteiger partial charge < -0.3 is 11.1 Å². The molecule has 14 heavy (non-hydrogen) atoms. The summed E-state index contributed by atoms with van der Waals surface area (Å²) in [5.41, 5.74) is 6.80. The van der Waals surface area contributed by atoms with Crippen molar-refractivity contribution in [3.63, 3.8) is 0 Å². The van der Waals surface area contributed by atoms with Crippen LogP contribution in [0.25, 0.3) is 0 Å². The molecule has 0 aliphatic carbocycles. The number of hydrogen-bond acceptors (Lipinski definition) is 3. The minimum atomic E-state index is 0.108. The zero-order valence-electron chi connectivity index (χ0n) is 9.17. The highest BCUT2D eigenvalue weighted by molar-refractivity contribution is 5.62. The molecule has 0 aromatic carbocycles. The molecule has 0 atom stereocenters. The highest BCUT2D eigenvalue weighted by Crippen LogP contribution is 2.24. The van der Waals surface area contributed by atoms with E-state index >= 15 is 0 Å². The number of nitrogens with zero attached hydrogens (tertiary/aromatic N) is 1. The Morgan fingerprint density at radius 3 is 2.57 bits per heavy atom. The molecule has 0 saturated carbocycles. The van der Waals surface area contributed by atoms with E-state index in [9.17, 15) is 0 Å². The fourth-order valence-corrected chi connectivity index (χ4v) is 1.28. The van der Waals surface area contributed by atoms with E-state index in [4.69, 9.17) is 5.73 Å². The number of hydrogen-bond donors (Lipinski definition) is 2. The molecule has 0 radical (unpaired) electrons. The lowest BCUT2D eigenvalue weighted by atomic mass is 9.95. The molecule has 78 valence electrons. The second-order valence-electron chi connectivity index (χ2n) is 3.83. The Morgan fingerprint density at radius 2 is 2.07 bits per heavy atom. The van der Waals surface area contributed by atoms with Gasteiger partial charge in [0.05, 0.1) is 5.69 Å². The van der Waals surface area contributed by atoms with Crippen LogP contribution in [0, 0.1) is 0 Å². The maximum Gasteiger partial charge on any atom is 0.146 e. The van der Waals surface area contributed by atoms with Crippen molar-refractivity contribution in [2.75, 3.05) is 11.1 Å². The van der Waals surface area contributed by atoms with Gasteiger partial charge in [-0.3, -0.25) is 0 Å². The SMILES string of the molecule is CCC(C)(CC)Nc1cccnc1N. The average Bonchev–Trinajstić information content (AvgIpc) is 2.21. The van der Waals surface area contributed by atoms with Crippen LogP contribution in [-0.2, 0) is 0 Å². The number of aromatic nitrogens is 1. The summed E-state index contributed by atoms with van der Waals surface area (Å²) in [5.74, 6) is 0.570. The molecule has 0 amide bonds. The quantitative estimate of drug-likeness (QED) is 0.773. The summed E-state index contributed by atoms with van der Waals surface area (Å²) in [7, 11) is 0. The third-order valence-electron chi connectivity index (χ3n) is 2.84. The first-order chi connectivity index (χ1) is 6.61. The van der Waals surface area contributed by atoms with E-state index in [1.165, 1.54) is 0 Å². The first-order valence-electron chi connectivity index (χ1n) is 5.10. The normalized spacial score (nSPS) is 11.4. The number of nitrogens with two attached hydrogens (primary N) is 1. The van der Waals surface area contributed by atoms with E-state index in [0.29, 0.717) is 5.82 Å². The van der Waals surface area contributed by atoms with Crippen molar-refractivity contribution >= 4 is 11.5 Å². The lowest BCUT2D eigenvalue weighted by molar-refractivity contribution is 0.478. The van der Waals surface area contributed by atoms with Gasteiger partial charge >= 0.3 is 0 Å². The summed E-state index contributed by atoms with van der Waals surface area (Å²) < 4.78 is 0. The summed E-state index contributed by atoms with van der Waals surface area (Å²) >= 11 is 0. The molecule has 0 fully saturated rings. The second-order valence-corrected chi connectivity index (χ2v) is 3.83. The Balaban J connectivity index is 2.82. The van der Waals surface area contributed by atoms with E-state index in [1.54, 1.807) is 6.20 Å². The molecule has 1 heterocycles. The molecule has 1 aromatic heterocycles. The molecule has 1 aromatic rings. The minimum Gasteiger partial charge on any atom is -0.382 e. The standard InChI is InChI=1S/C11H19N3/c1-4-11(3,5-2)14-9-7-6-8-13-10(9)12/h6-8,14H,4-5H2,1-3H3,(H2,12,13). The Kier molecular flexibility index (Phi) is 3.33. The molecular weight excluding hydrogens is 174 g/mol. The maximum absolute atomic E-state index is 5.76. The van der Waals surface area contributed by atoms with Crippen molar-refractivity contribution in [3.05, 3.63) is 18.3 Å². The van der Waals surface area contributed by atoms with Crippen LogP contribution < -0.4 is 11.1 Å². The zero-order valence-corrected chi connectivity index (χ0v) is 9.17.